The summed E-state index contributed by atoms with van der Waals surface area (Å²) < 4.78 is 31.2. The van der Waals surface area contributed by atoms with Crippen molar-refractivity contribution >= 4 is 23.3 Å². The molecule has 0 radical (unpaired) electrons. The van der Waals surface area contributed by atoms with Gasteiger partial charge in [-0.25, -0.2) is 8.42 Å². The Balaban J connectivity index is 0.000000385. The van der Waals surface area contributed by atoms with E-state index in [1.807, 2.05) is 6.92 Å². The van der Waals surface area contributed by atoms with E-state index in [9.17, 15) is 13.0 Å². The Morgan fingerprint density at radius 1 is 0.697 bits per heavy atom. The van der Waals surface area contributed by atoms with Crippen molar-refractivity contribution in [3.8, 4) is 11.1 Å². The number of aryl methyl sites for hydroxylation is 1. The van der Waals surface area contributed by atoms with E-state index in [1.54, 1.807) is 17.4 Å². The second-order valence-electron chi connectivity index (χ2n) is 10.1. The largest absolute Gasteiger partial charge is 1.00 e. The number of benzene rings is 3. The fraction of sp³-hybridized carbons (Fsp3) is 0.333. The normalized spacial score (nSPS) is 11.9. The first kappa shape index (κ1) is 29.8. The smallest absolute Gasteiger partial charge is 0.744 e. The van der Waals surface area contributed by atoms with Gasteiger partial charge in [0.25, 0.3) is 0 Å². The van der Waals surface area contributed by atoms with Crippen LogP contribution in [0.3, 0.4) is 0 Å². The van der Waals surface area contributed by atoms with Gasteiger partial charge in [0.1, 0.15) is 15.4 Å². The van der Waals surface area contributed by atoms with E-state index in [0.717, 1.165) is 5.56 Å². The van der Waals surface area contributed by atoms with Gasteiger partial charge in [0.15, 0.2) is 0 Å². The summed E-state index contributed by atoms with van der Waals surface area (Å²) >= 11 is 0. The first-order chi connectivity index (χ1) is 14.7. The van der Waals surface area contributed by atoms with Crippen LogP contribution in [0, 0.1) is 6.92 Å². The molecule has 0 bridgehead atoms. The van der Waals surface area contributed by atoms with Crippen LogP contribution in [0.25, 0.3) is 11.1 Å². The summed E-state index contributed by atoms with van der Waals surface area (Å²) in [5.74, 6) is 0. The van der Waals surface area contributed by atoms with Crippen molar-refractivity contribution in [2.45, 2.75) is 63.7 Å². The van der Waals surface area contributed by atoms with E-state index < -0.39 is 18.0 Å². The molecule has 33 heavy (non-hydrogen) atoms. The van der Waals surface area contributed by atoms with Crippen LogP contribution < -0.4 is 5.30 Å². The molecule has 0 aliphatic rings. The average molecular weight is 668 g/mol. The van der Waals surface area contributed by atoms with Crippen molar-refractivity contribution in [2.75, 3.05) is 0 Å². The number of rotatable bonds is 3. The molecule has 182 valence electrons. The zero-order chi connectivity index (χ0) is 24.2. The first-order valence-corrected chi connectivity index (χ1v) is 13.7. The van der Waals surface area contributed by atoms with E-state index in [2.05, 4.69) is 96.1 Å². The Bertz CT molecular complexity index is 1100. The fourth-order valence-corrected chi connectivity index (χ4v) is 9.30. The van der Waals surface area contributed by atoms with Crippen LogP contribution in [0.5, 0.6) is 0 Å². The van der Waals surface area contributed by atoms with Gasteiger partial charge in [-0.15, -0.1) is 0 Å². The zero-order valence-corrected chi connectivity index (χ0v) is 24.4. The van der Waals surface area contributed by atoms with Crippen molar-refractivity contribution in [1.82, 2.24) is 0 Å². The molecule has 0 unspecified atom stereocenters. The second-order valence-corrected chi connectivity index (χ2v) is 15.7. The Morgan fingerprint density at radius 3 is 1.61 bits per heavy atom. The van der Waals surface area contributed by atoms with Gasteiger partial charge in [-0.3, -0.25) is 0 Å². The predicted molar refractivity (Wildman–Crippen MR) is 138 cm³/mol. The van der Waals surface area contributed by atoms with Crippen LogP contribution in [-0.2, 0) is 32.5 Å². The SMILES string of the molecule is CC(C)(C)[PH+](c1ccccc1-c1ccccc1)C(C)(C)C.Cc1ccc(S(=O)(=O)[O-])cc1.[Au+]. The molecule has 0 atom stereocenters. The van der Waals surface area contributed by atoms with Gasteiger partial charge in [0.2, 0.25) is 0 Å². The first-order valence-electron chi connectivity index (χ1n) is 10.8. The molecular weight excluding hydrogens is 632 g/mol. The summed E-state index contributed by atoms with van der Waals surface area (Å²) in [6.45, 7) is 16.2. The predicted octanol–water partition coefficient (Wildman–Crippen LogP) is 6.69. The molecule has 3 aromatic carbocycles. The monoisotopic (exact) mass is 667 g/mol. The van der Waals surface area contributed by atoms with Gasteiger partial charge >= 0.3 is 22.4 Å². The maximum atomic E-state index is 10.4. The summed E-state index contributed by atoms with van der Waals surface area (Å²) in [7, 11) is -5.00. The summed E-state index contributed by atoms with van der Waals surface area (Å²) in [5.41, 5.74) is 3.68. The summed E-state index contributed by atoms with van der Waals surface area (Å²) in [4.78, 5) is -0.178. The van der Waals surface area contributed by atoms with Gasteiger partial charge in [0, 0.05) is 13.5 Å². The van der Waals surface area contributed by atoms with Crippen molar-refractivity contribution in [3.05, 3.63) is 84.4 Å². The molecule has 0 heterocycles. The van der Waals surface area contributed by atoms with Crippen LogP contribution >= 0.6 is 7.92 Å². The summed E-state index contributed by atoms with van der Waals surface area (Å²) in [6, 6.07) is 25.6. The summed E-state index contributed by atoms with van der Waals surface area (Å²) in [5, 5.41) is 2.22. The Kier molecular flexibility index (Phi) is 10.8. The zero-order valence-electron chi connectivity index (χ0n) is 20.4. The van der Waals surface area contributed by atoms with Crippen molar-refractivity contribution in [3.63, 3.8) is 0 Å². The van der Waals surface area contributed by atoms with Crippen LogP contribution in [0.1, 0.15) is 47.1 Å². The standard InChI is InChI=1S/C20H27P.C7H8O3S.Au/c1-19(2,3)21(20(4,5)6)18-15-11-10-14-17(18)16-12-8-7-9-13-16;1-6-2-4-7(5-3-6)11(8,9)10;/h7-15H,1-6H3;2-5H,1H3,(H,8,9,10);/q;;+1. The Morgan fingerprint density at radius 2 is 1.15 bits per heavy atom. The van der Waals surface area contributed by atoms with E-state index in [1.165, 1.54) is 23.3 Å². The average Bonchev–Trinajstić information content (AvgIpc) is 2.67. The van der Waals surface area contributed by atoms with Crippen LogP contribution in [-0.4, -0.2) is 23.3 Å². The van der Waals surface area contributed by atoms with Gasteiger partial charge < -0.3 is 4.55 Å². The molecule has 3 aromatic rings. The van der Waals surface area contributed by atoms with E-state index >= 15 is 0 Å². The molecule has 0 amide bonds. The van der Waals surface area contributed by atoms with Crippen LogP contribution in [0.15, 0.2) is 83.8 Å². The molecule has 0 aromatic heterocycles. The Hall–Kier alpha value is -1.26. The third-order valence-corrected chi connectivity index (χ3v) is 9.92. The topological polar surface area (TPSA) is 57.2 Å². The van der Waals surface area contributed by atoms with Gasteiger partial charge in [0.05, 0.1) is 15.2 Å². The molecule has 0 aliphatic carbocycles. The van der Waals surface area contributed by atoms with Crippen LogP contribution in [0.4, 0.5) is 0 Å². The van der Waals surface area contributed by atoms with E-state index in [4.69, 9.17) is 0 Å². The summed E-state index contributed by atoms with van der Waals surface area (Å²) in [6.07, 6.45) is 0. The molecule has 0 fully saturated rings. The van der Waals surface area contributed by atoms with E-state index in [-0.39, 0.29) is 27.3 Å². The van der Waals surface area contributed by atoms with E-state index in [0.29, 0.717) is 10.3 Å². The fourth-order valence-electron chi connectivity index (χ4n) is 4.21. The van der Waals surface area contributed by atoms with Crippen molar-refractivity contribution in [2.24, 2.45) is 0 Å². The molecule has 0 N–H and O–H groups in total. The molecule has 3 nitrogen and oxygen atoms in total. The van der Waals surface area contributed by atoms with Crippen molar-refractivity contribution in [1.29, 1.82) is 0 Å². The molecule has 3 rings (SSSR count). The van der Waals surface area contributed by atoms with Gasteiger partial charge in [-0.05, 0) is 72.2 Å². The molecular formula is C27H35AuO3PS+. The minimum atomic E-state index is -4.27. The number of hydrogen-bond donors (Lipinski definition) is 0. The minimum Gasteiger partial charge on any atom is -0.744 e. The quantitative estimate of drug-likeness (QED) is 0.178. The molecule has 0 aliphatic heterocycles. The minimum absolute atomic E-state index is 0. The maximum Gasteiger partial charge on any atom is 1.00 e. The molecule has 6 heteroatoms. The Labute approximate surface area is 217 Å². The molecule has 0 saturated carbocycles. The molecule has 0 saturated heterocycles. The van der Waals surface area contributed by atoms with Gasteiger partial charge in [-0.2, -0.15) is 0 Å². The van der Waals surface area contributed by atoms with Crippen molar-refractivity contribution < 1.29 is 35.4 Å². The molecule has 0 spiro atoms. The maximum absolute atomic E-state index is 10.4. The number of hydrogen-bond acceptors (Lipinski definition) is 3. The third kappa shape index (κ3) is 8.79. The third-order valence-electron chi connectivity index (χ3n) is 5.09. The van der Waals surface area contributed by atoms with Crippen LogP contribution in [0.2, 0.25) is 0 Å². The van der Waals surface area contributed by atoms with Gasteiger partial charge in [-0.1, -0.05) is 66.2 Å². The second kappa shape index (κ2) is 11.9.